The van der Waals surface area contributed by atoms with Crippen LogP contribution in [0.5, 0.6) is 0 Å². The van der Waals surface area contributed by atoms with Crippen LogP contribution in [0.15, 0.2) is 12.3 Å². The third-order valence-electron chi connectivity index (χ3n) is 3.33. The van der Waals surface area contributed by atoms with Crippen LogP contribution in [0.3, 0.4) is 0 Å². The average Bonchev–Trinajstić information content (AvgIpc) is 2.85. The van der Waals surface area contributed by atoms with E-state index in [4.69, 9.17) is 9.84 Å². The van der Waals surface area contributed by atoms with Crippen molar-refractivity contribution in [3.8, 4) is 0 Å². The number of ketones is 1. The summed E-state index contributed by atoms with van der Waals surface area (Å²) in [6, 6.07) is 1.42. The molecule has 5 nitrogen and oxygen atoms in total. The number of hydrogen-bond donors (Lipinski definition) is 1. The molecule has 0 aromatic carbocycles. The Hall–Kier alpha value is -1.62. The van der Waals surface area contributed by atoms with Crippen LogP contribution in [0.25, 0.3) is 0 Å². The SMILES string of the molecule is CC(=O)c1cc(C(=O)O)n(CC2(C)CCCO2)c1. The van der Waals surface area contributed by atoms with Gasteiger partial charge in [-0.1, -0.05) is 0 Å². The molecule has 0 aliphatic carbocycles. The molecule has 1 atom stereocenters. The number of aromatic nitrogens is 1. The lowest BCUT2D eigenvalue weighted by molar-refractivity contribution is 0.00551. The van der Waals surface area contributed by atoms with Gasteiger partial charge in [-0.3, -0.25) is 4.79 Å². The molecule has 0 amide bonds. The Morgan fingerprint density at radius 3 is 2.78 bits per heavy atom. The Morgan fingerprint density at radius 1 is 1.56 bits per heavy atom. The lowest BCUT2D eigenvalue weighted by Crippen LogP contribution is -2.30. The summed E-state index contributed by atoms with van der Waals surface area (Å²) in [4.78, 5) is 22.5. The first kappa shape index (κ1) is 12.8. The van der Waals surface area contributed by atoms with Gasteiger partial charge in [-0.2, -0.15) is 0 Å². The van der Waals surface area contributed by atoms with Gasteiger partial charge in [0.1, 0.15) is 5.69 Å². The maximum absolute atomic E-state index is 11.3. The summed E-state index contributed by atoms with van der Waals surface area (Å²) in [5.74, 6) is -1.15. The fourth-order valence-electron chi connectivity index (χ4n) is 2.33. The molecule has 1 aromatic rings. The van der Waals surface area contributed by atoms with E-state index in [2.05, 4.69) is 0 Å². The molecule has 2 heterocycles. The topological polar surface area (TPSA) is 68.5 Å². The number of nitrogens with zero attached hydrogens (tertiary/aromatic N) is 1. The number of rotatable bonds is 4. The maximum atomic E-state index is 11.3. The van der Waals surface area contributed by atoms with Crippen molar-refractivity contribution in [1.29, 1.82) is 0 Å². The van der Waals surface area contributed by atoms with E-state index in [0.29, 0.717) is 18.7 Å². The van der Waals surface area contributed by atoms with E-state index < -0.39 is 5.97 Å². The largest absolute Gasteiger partial charge is 0.477 e. The molecular formula is C13H17NO4. The van der Waals surface area contributed by atoms with Crippen LogP contribution in [-0.2, 0) is 11.3 Å². The molecule has 1 unspecified atom stereocenters. The van der Waals surface area contributed by atoms with E-state index in [1.54, 1.807) is 10.8 Å². The first-order chi connectivity index (χ1) is 8.41. The second kappa shape index (κ2) is 4.57. The number of carbonyl (C=O) groups excluding carboxylic acids is 1. The van der Waals surface area contributed by atoms with Gasteiger partial charge in [-0.15, -0.1) is 0 Å². The molecule has 98 valence electrons. The van der Waals surface area contributed by atoms with Gasteiger partial charge < -0.3 is 14.4 Å². The third kappa shape index (κ3) is 2.46. The highest BCUT2D eigenvalue weighted by atomic mass is 16.5. The Bertz CT molecular complexity index is 483. The highest BCUT2D eigenvalue weighted by Crippen LogP contribution is 2.28. The zero-order chi connectivity index (χ0) is 13.3. The van der Waals surface area contributed by atoms with Gasteiger partial charge in [0.05, 0.1) is 12.1 Å². The number of carboxylic acids is 1. The summed E-state index contributed by atoms with van der Waals surface area (Å²) in [5, 5.41) is 9.15. The van der Waals surface area contributed by atoms with Crippen molar-refractivity contribution < 1.29 is 19.4 Å². The number of aromatic carboxylic acids is 1. The number of carbonyl (C=O) groups is 2. The van der Waals surface area contributed by atoms with E-state index >= 15 is 0 Å². The van der Waals surface area contributed by atoms with Crippen LogP contribution in [-0.4, -0.2) is 33.6 Å². The molecule has 0 bridgehead atoms. The minimum absolute atomic E-state index is 0.131. The van der Waals surface area contributed by atoms with Gasteiger partial charge in [-0.05, 0) is 32.8 Å². The fourth-order valence-corrected chi connectivity index (χ4v) is 2.33. The fraction of sp³-hybridized carbons (Fsp3) is 0.538. The van der Waals surface area contributed by atoms with E-state index in [9.17, 15) is 9.59 Å². The molecule has 1 N–H and O–H groups in total. The van der Waals surface area contributed by atoms with Crippen molar-refractivity contribution in [3.63, 3.8) is 0 Å². The van der Waals surface area contributed by atoms with E-state index in [0.717, 1.165) is 12.8 Å². The van der Waals surface area contributed by atoms with Gasteiger partial charge in [0.15, 0.2) is 5.78 Å². The summed E-state index contributed by atoms with van der Waals surface area (Å²) >= 11 is 0. The van der Waals surface area contributed by atoms with Crippen molar-refractivity contribution >= 4 is 11.8 Å². The number of ether oxygens (including phenoxy) is 1. The molecule has 1 aromatic heterocycles. The molecule has 2 rings (SSSR count). The standard InChI is InChI=1S/C13H17NO4/c1-9(15)10-6-11(12(16)17)14(7-10)8-13(2)4-3-5-18-13/h6-7H,3-5,8H2,1-2H3,(H,16,17). The lowest BCUT2D eigenvalue weighted by Gasteiger charge is -2.24. The first-order valence-electron chi connectivity index (χ1n) is 6.00. The van der Waals surface area contributed by atoms with Crippen LogP contribution < -0.4 is 0 Å². The molecule has 5 heteroatoms. The summed E-state index contributed by atoms with van der Waals surface area (Å²) in [7, 11) is 0. The van der Waals surface area contributed by atoms with Crippen LogP contribution in [0.4, 0.5) is 0 Å². The molecule has 0 spiro atoms. The highest BCUT2D eigenvalue weighted by Gasteiger charge is 2.31. The van der Waals surface area contributed by atoms with E-state index in [1.165, 1.54) is 13.0 Å². The summed E-state index contributed by atoms with van der Waals surface area (Å²) < 4.78 is 7.25. The molecule has 1 fully saturated rings. The maximum Gasteiger partial charge on any atom is 0.352 e. The average molecular weight is 251 g/mol. The molecule has 0 radical (unpaired) electrons. The number of carboxylic acid groups (broad SMARTS) is 1. The van der Waals surface area contributed by atoms with Crippen LogP contribution in [0, 0.1) is 0 Å². The van der Waals surface area contributed by atoms with Gasteiger partial charge in [0, 0.05) is 18.4 Å². The smallest absolute Gasteiger partial charge is 0.352 e. The second-order valence-corrected chi connectivity index (χ2v) is 5.01. The molecule has 0 saturated carbocycles. The summed E-state index contributed by atoms with van der Waals surface area (Å²) in [5.41, 5.74) is 0.225. The molecule has 18 heavy (non-hydrogen) atoms. The van der Waals surface area contributed by atoms with Gasteiger partial charge in [-0.25, -0.2) is 4.79 Å². The predicted octanol–water partition coefficient (Wildman–Crippen LogP) is 1.96. The monoisotopic (exact) mass is 251 g/mol. The molecule has 1 aliphatic rings. The minimum Gasteiger partial charge on any atom is -0.477 e. The zero-order valence-corrected chi connectivity index (χ0v) is 10.6. The quantitative estimate of drug-likeness (QED) is 0.830. The van der Waals surface area contributed by atoms with Gasteiger partial charge in [0.2, 0.25) is 0 Å². The second-order valence-electron chi connectivity index (χ2n) is 5.01. The van der Waals surface area contributed by atoms with Crippen LogP contribution in [0.2, 0.25) is 0 Å². The normalized spacial score (nSPS) is 23.2. The van der Waals surface area contributed by atoms with E-state index in [1.807, 2.05) is 6.92 Å². The Labute approximate surface area is 105 Å². The van der Waals surface area contributed by atoms with Gasteiger partial charge in [0.25, 0.3) is 0 Å². The Balaban J connectivity index is 2.30. The molecule has 1 saturated heterocycles. The number of hydrogen-bond acceptors (Lipinski definition) is 3. The zero-order valence-electron chi connectivity index (χ0n) is 10.6. The molecular weight excluding hydrogens is 234 g/mol. The minimum atomic E-state index is -1.02. The van der Waals surface area contributed by atoms with Crippen LogP contribution in [0.1, 0.15) is 47.5 Å². The van der Waals surface area contributed by atoms with Crippen molar-refractivity contribution in [2.75, 3.05) is 6.61 Å². The Kier molecular flexibility index (Phi) is 3.26. The van der Waals surface area contributed by atoms with Crippen molar-refractivity contribution in [2.24, 2.45) is 0 Å². The van der Waals surface area contributed by atoms with Crippen LogP contribution >= 0.6 is 0 Å². The third-order valence-corrected chi connectivity index (χ3v) is 3.33. The van der Waals surface area contributed by atoms with Crippen molar-refractivity contribution in [3.05, 3.63) is 23.5 Å². The predicted molar refractivity (Wildman–Crippen MR) is 65.0 cm³/mol. The Morgan fingerprint density at radius 2 is 2.28 bits per heavy atom. The van der Waals surface area contributed by atoms with Gasteiger partial charge >= 0.3 is 5.97 Å². The van der Waals surface area contributed by atoms with E-state index in [-0.39, 0.29) is 17.1 Å². The first-order valence-corrected chi connectivity index (χ1v) is 6.00. The summed E-state index contributed by atoms with van der Waals surface area (Å²) in [6.07, 6.45) is 3.48. The highest BCUT2D eigenvalue weighted by molar-refractivity contribution is 5.97. The van der Waals surface area contributed by atoms with Crippen molar-refractivity contribution in [2.45, 2.75) is 38.8 Å². The number of Topliss-reactive ketones (excluding diaryl/α,β-unsaturated/α-hetero) is 1. The summed E-state index contributed by atoms with van der Waals surface area (Å²) in [6.45, 7) is 4.57. The molecule has 1 aliphatic heterocycles. The lowest BCUT2D eigenvalue weighted by atomic mass is 10.0. The van der Waals surface area contributed by atoms with Crippen molar-refractivity contribution in [1.82, 2.24) is 4.57 Å².